The Kier molecular flexibility index (Phi) is 6.95. The molecular weight excluding hydrogens is 511 g/mol. The number of aryl methyl sites for hydroxylation is 1. The lowest BCUT2D eigenvalue weighted by atomic mass is 10.2. The van der Waals surface area contributed by atoms with Gasteiger partial charge in [0.25, 0.3) is 11.5 Å². The minimum Gasteiger partial charge on any atom is -0.497 e. The van der Waals surface area contributed by atoms with Gasteiger partial charge in [-0.15, -0.1) is 0 Å². The first-order chi connectivity index (χ1) is 17.4. The van der Waals surface area contributed by atoms with Crippen LogP contribution in [0.5, 0.6) is 5.75 Å². The van der Waals surface area contributed by atoms with Crippen LogP contribution in [0.2, 0.25) is 0 Å². The van der Waals surface area contributed by atoms with Gasteiger partial charge in [0.05, 0.1) is 24.1 Å². The molecule has 1 aliphatic rings. The van der Waals surface area contributed by atoms with Crippen LogP contribution in [0.4, 0.5) is 0 Å². The molecule has 1 saturated heterocycles. The molecule has 5 rings (SSSR count). The number of rotatable bonds is 6. The average molecular weight is 532 g/mol. The number of ether oxygens (including phenoxy) is 1. The van der Waals surface area contributed by atoms with Crippen molar-refractivity contribution in [1.29, 1.82) is 0 Å². The summed E-state index contributed by atoms with van der Waals surface area (Å²) in [4.78, 5) is 34.5. The molecule has 2 aromatic heterocycles. The molecule has 0 atom stereocenters. The van der Waals surface area contributed by atoms with E-state index in [0.717, 1.165) is 21.8 Å². The first-order valence-electron chi connectivity index (χ1n) is 11.1. The summed E-state index contributed by atoms with van der Waals surface area (Å²) in [5.41, 5.74) is 2.73. The third kappa shape index (κ3) is 4.95. The fourth-order valence-corrected chi connectivity index (χ4v) is 5.81. The Bertz CT molecular complexity index is 1560. The van der Waals surface area contributed by atoms with E-state index in [4.69, 9.17) is 21.9 Å². The summed E-state index contributed by atoms with van der Waals surface area (Å²) in [6.07, 6.45) is 3.30. The zero-order chi connectivity index (χ0) is 25.2. The molecule has 3 heterocycles. The summed E-state index contributed by atoms with van der Waals surface area (Å²) >= 11 is 8.11. The van der Waals surface area contributed by atoms with Gasteiger partial charge in [-0.2, -0.15) is 0 Å². The highest BCUT2D eigenvalue weighted by atomic mass is 32.2. The fourth-order valence-electron chi connectivity index (χ4n) is 3.68. The molecule has 1 fully saturated rings. The predicted molar refractivity (Wildman–Crippen MR) is 148 cm³/mol. The van der Waals surface area contributed by atoms with Crippen LogP contribution in [0.15, 0.2) is 92.5 Å². The smallest absolute Gasteiger partial charge is 0.266 e. The average Bonchev–Trinajstić information content (AvgIpc) is 3.15. The second kappa shape index (κ2) is 10.3. The van der Waals surface area contributed by atoms with Crippen molar-refractivity contribution in [3.8, 4) is 5.75 Å². The van der Waals surface area contributed by atoms with Gasteiger partial charge in [-0.1, -0.05) is 71.6 Å². The summed E-state index contributed by atoms with van der Waals surface area (Å²) in [6, 6.07) is 20.9. The van der Waals surface area contributed by atoms with E-state index in [9.17, 15) is 9.59 Å². The highest BCUT2D eigenvalue weighted by molar-refractivity contribution is 8.26. The predicted octanol–water partition coefficient (Wildman–Crippen LogP) is 5.56. The van der Waals surface area contributed by atoms with Crippen molar-refractivity contribution in [3.63, 3.8) is 0 Å². The molecule has 0 N–H and O–H groups in total. The van der Waals surface area contributed by atoms with Gasteiger partial charge in [-0.3, -0.25) is 18.9 Å². The van der Waals surface area contributed by atoms with E-state index in [1.807, 2.05) is 61.5 Å². The van der Waals surface area contributed by atoms with Crippen molar-refractivity contribution in [1.82, 2.24) is 14.3 Å². The van der Waals surface area contributed by atoms with Crippen molar-refractivity contribution < 1.29 is 9.53 Å². The Morgan fingerprint density at radius 1 is 1.06 bits per heavy atom. The molecule has 1 amide bonds. The van der Waals surface area contributed by atoms with Crippen LogP contribution < -0.4 is 10.3 Å². The van der Waals surface area contributed by atoms with Crippen LogP contribution >= 0.6 is 35.7 Å². The van der Waals surface area contributed by atoms with E-state index >= 15 is 0 Å². The number of benzene rings is 2. The summed E-state index contributed by atoms with van der Waals surface area (Å²) in [5, 5.41) is 0.537. The van der Waals surface area contributed by atoms with Crippen molar-refractivity contribution in [2.24, 2.45) is 0 Å². The first-order valence-corrected chi connectivity index (χ1v) is 13.1. The van der Waals surface area contributed by atoms with Crippen molar-refractivity contribution in [2.75, 3.05) is 7.11 Å². The van der Waals surface area contributed by atoms with Crippen LogP contribution in [0, 0.1) is 6.92 Å². The molecule has 0 radical (unpaired) electrons. The normalized spacial score (nSPS) is 14.7. The monoisotopic (exact) mass is 531 g/mol. The van der Waals surface area contributed by atoms with E-state index in [1.54, 1.807) is 36.4 Å². The van der Waals surface area contributed by atoms with Gasteiger partial charge in [0, 0.05) is 11.1 Å². The van der Waals surface area contributed by atoms with Crippen LogP contribution in [0.3, 0.4) is 0 Å². The number of carbonyl (C=O) groups is 1. The quantitative estimate of drug-likeness (QED) is 0.183. The summed E-state index contributed by atoms with van der Waals surface area (Å²) in [5.74, 6) is 0.511. The SMILES string of the molecule is COc1ccc(CN2C(=O)/C(=C\c3c(Sc4ccc(C)cc4)nc4ccccn4c3=O)SC2=S)cc1. The topological polar surface area (TPSA) is 63.9 Å². The molecule has 0 spiro atoms. The second-order valence-electron chi connectivity index (χ2n) is 8.10. The van der Waals surface area contributed by atoms with Gasteiger partial charge in [0.1, 0.15) is 20.7 Å². The van der Waals surface area contributed by atoms with Crippen LogP contribution in [-0.4, -0.2) is 31.6 Å². The van der Waals surface area contributed by atoms with E-state index in [-0.39, 0.29) is 11.5 Å². The van der Waals surface area contributed by atoms with Gasteiger partial charge in [-0.05, 0) is 55.0 Å². The molecule has 180 valence electrons. The number of pyridine rings is 1. The lowest BCUT2D eigenvalue weighted by molar-refractivity contribution is -0.122. The zero-order valence-electron chi connectivity index (χ0n) is 19.5. The molecule has 2 aromatic carbocycles. The van der Waals surface area contributed by atoms with Gasteiger partial charge in [0.15, 0.2) is 0 Å². The highest BCUT2D eigenvalue weighted by Crippen LogP contribution is 2.36. The Morgan fingerprint density at radius 3 is 2.53 bits per heavy atom. The van der Waals surface area contributed by atoms with Crippen LogP contribution in [-0.2, 0) is 11.3 Å². The Labute approximate surface area is 222 Å². The van der Waals surface area contributed by atoms with Crippen molar-refractivity contribution in [2.45, 2.75) is 23.4 Å². The van der Waals surface area contributed by atoms with E-state index in [0.29, 0.717) is 32.0 Å². The molecule has 0 saturated carbocycles. The third-order valence-electron chi connectivity index (χ3n) is 5.62. The number of thioether (sulfide) groups is 1. The lowest BCUT2D eigenvalue weighted by Gasteiger charge is -2.14. The number of thiocarbonyl (C=S) groups is 1. The number of hydrogen-bond acceptors (Lipinski definition) is 7. The van der Waals surface area contributed by atoms with Gasteiger partial charge >= 0.3 is 0 Å². The Morgan fingerprint density at radius 2 is 1.81 bits per heavy atom. The van der Waals surface area contributed by atoms with Crippen LogP contribution in [0.1, 0.15) is 16.7 Å². The highest BCUT2D eigenvalue weighted by Gasteiger charge is 2.32. The fraction of sp³-hybridized carbons (Fsp3) is 0.111. The number of methoxy groups -OCH3 is 1. The number of nitrogens with zero attached hydrogens (tertiary/aromatic N) is 3. The van der Waals surface area contributed by atoms with E-state index in [1.165, 1.54) is 27.9 Å². The van der Waals surface area contributed by atoms with Crippen molar-refractivity contribution >= 4 is 57.7 Å². The maximum atomic E-state index is 13.5. The summed E-state index contributed by atoms with van der Waals surface area (Å²) in [7, 11) is 1.61. The molecule has 1 aliphatic heterocycles. The minimum atomic E-state index is -0.240. The molecule has 0 aliphatic carbocycles. The molecule has 6 nitrogen and oxygen atoms in total. The first kappa shape index (κ1) is 24.3. The van der Waals surface area contributed by atoms with E-state index in [2.05, 4.69) is 0 Å². The van der Waals surface area contributed by atoms with Crippen LogP contribution in [0.25, 0.3) is 11.7 Å². The molecule has 9 heteroatoms. The molecular formula is C27H21N3O3S3. The van der Waals surface area contributed by atoms with Gasteiger partial charge in [0.2, 0.25) is 0 Å². The largest absolute Gasteiger partial charge is 0.497 e. The number of carbonyl (C=O) groups excluding carboxylic acids is 1. The molecule has 36 heavy (non-hydrogen) atoms. The summed E-state index contributed by atoms with van der Waals surface area (Å²) < 4.78 is 7.14. The Hall–Kier alpha value is -3.40. The zero-order valence-corrected chi connectivity index (χ0v) is 22.0. The lowest BCUT2D eigenvalue weighted by Crippen LogP contribution is -2.27. The second-order valence-corrected chi connectivity index (χ2v) is 10.8. The molecule has 0 unspecified atom stereocenters. The maximum Gasteiger partial charge on any atom is 0.266 e. The van der Waals surface area contributed by atoms with Crippen molar-refractivity contribution in [3.05, 3.63) is 105 Å². The molecule has 0 bridgehead atoms. The van der Waals surface area contributed by atoms with Gasteiger partial charge < -0.3 is 4.74 Å². The van der Waals surface area contributed by atoms with E-state index < -0.39 is 0 Å². The van der Waals surface area contributed by atoms with Gasteiger partial charge in [-0.25, -0.2) is 4.98 Å². The molecule has 4 aromatic rings. The maximum absolute atomic E-state index is 13.5. The number of aromatic nitrogens is 2. The number of amides is 1. The minimum absolute atomic E-state index is 0.232. The standard InChI is InChI=1S/C27H21N3O3S3/c1-17-6-12-20(13-7-17)35-24-21(25(31)29-14-4-3-5-23(29)28-24)15-22-26(32)30(27(34)36-22)16-18-8-10-19(33-2)11-9-18/h3-15H,16H2,1-2H3/b22-15+. The third-order valence-corrected chi connectivity index (χ3v) is 8.01. The number of hydrogen-bond donors (Lipinski definition) is 0. The Balaban J connectivity index is 1.52. The summed E-state index contributed by atoms with van der Waals surface area (Å²) in [6.45, 7) is 2.36. The number of fused-ring (bicyclic) bond motifs is 1.